The molecular weight excluding hydrogens is 226 g/mol. The summed E-state index contributed by atoms with van der Waals surface area (Å²) in [7, 11) is 1.41. The van der Waals surface area contributed by atoms with Gasteiger partial charge in [0.25, 0.3) is 0 Å². The zero-order chi connectivity index (χ0) is 12.8. The second kappa shape index (κ2) is 5.80. The van der Waals surface area contributed by atoms with Crippen LogP contribution in [0.5, 0.6) is 5.88 Å². The van der Waals surface area contributed by atoms with E-state index in [2.05, 4.69) is 10.3 Å². The van der Waals surface area contributed by atoms with Crippen molar-refractivity contribution >= 4 is 17.6 Å². The van der Waals surface area contributed by atoms with Gasteiger partial charge < -0.3 is 20.9 Å². The van der Waals surface area contributed by atoms with E-state index < -0.39 is 24.3 Å². The van der Waals surface area contributed by atoms with Gasteiger partial charge in [0.2, 0.25) is 11.8 Å². The van der Waals surface area contributed by atoms with Crippen molar-refractivity contribution in [3.8, 4) is 5.88 Å². The Hall–Kier alpha value is -2.15. The second-order valence-electron chi connectivity index (χ2n) is 3.25. The fourth-order valence-electron chi connectivity index (χ4n) is 1.15. The van der Waals surface area contributed by atoms with E-state index in [4.69, 9.17) is 15.6 Å². The molecular formula is C10H13N3O4. The van der Waals surface area contributed by atoms with E-state index in [1.165, 1.54) is 13.3 Å². The van der Waals surface area contributed by atoms with E-state index in [0.29, 0.717) is 5.69 Å². The predicted octanol–water partition coefficient (Wildman–Crippen LogP) is -0.169. The number of nitrogens with zero attached hydrogens (tertiary/aromatic N) is 1. The van der Waals surface area contributed by atoms with Crippen molar-refractivity contribution in [1.29, 1.82) is 0 Å². The number of carbonyl (C=O) groups is 2. The van der Waals surface area contributed by atoms with Crippen LogP contribution < -0.4 is 15.8 Å². The van der Waals surface area contributed by atoms with Gasteiger partial charge in [-0.05, 0) is 12.1 Å². The van der Waals surface area contributed by atoms with Gasteiger partial charge in [-0.1, -0.05) is 0 Å². The molecule has 1 amide bonds. The third kappa shape index (κ3) is 3.72. The Balaban J connectivity index is 2.70. The second-order valence-corrected chi connectivity index (χ2v) is 3.25. The molecule has 1 atom stereocenters. The Kier molecular flexibility index (Phi) is 4.41. The molecule has 0 aliphatic heterocycles. The minimum atomic E-state index is -1.13. The fraction of sp³-hybridized carbons (Fsp3) is 0.300. The Morgan fingerprint density at radius 3 is 2.94 bits per heavy atom. The smallest absolute Gasteiger partial charge is 0.305 e. The quantitative estimate of drug-likeness (QED) is 0.657. The first-order valence-electron chi connectivity index (χ1n) is 4.82. The van der Waals surface area contributed by atoms with Crippen LogP contribution in [-0.4, -0.2) is 35.1 Å². The summed E-state index contributed by atoms with van der Waals surface area (Å²) in [5, 5.41) is 11.0. The van der Waals surface area contributed by atoms with Gasteiger partial charge in [0, 0.05) is 6.20 Å². The molecule has 7 nitrogen and oxygen atoms in total. The molecule has 4 N–H and O–H groups in total. The van der Waals surface area contributed by atoms with Crippen molar-refractivity contribution in [1.82, 2.24) is 4.98 Å². The first-order chi connectivity index (χ1) is 8.04. The summed E-state index contributed by atoms with van der Waals surface area (Å²) in [5.74, 6) is -1.49. The highest BCUT2D eigenvalue weighted by Crippen LogP contribution is 2.19. The Bertz CT molecular complexity index is 422. The normalized spacial score (nSPS) is 11.6. The standard InChI is InChI=1S/C10H13N3O4/c1-17-10-7(3-2-4-12-10)13-9(16)6(11)5-8(14)15/h2-4,6H,5,11H2,1H3,(H,13,16)(H,14,15). The van der Waals surface area contributed by atoms with Crippen LogP contribution in [0.4, 0.5) is 5.69 Å². The van der Waals surface area contributed by atoms with Gasteiger partial charge in [-0.15, -0.1) is 0 Å². The summed E-state index contributed by atoms with van der Waals surface area (Å²) in [6, 6.07) is 2.08. The number of methoxy groups -OCH3 is 1. The lowest BCUT2D eigenvalue weighted by Gasteiger charge is -2.11. The van der Waals surface area contributed by atoms with Crippen molar-refractivity contribution in [3.05, 3.63) is 18.3 Å². The molecule has 7 heteroatoms. The van der Waals surface area contributed by atoms with Crippen LogP contribution in [-0.2, 0) is 9.59 Å². The fourth-order valence-corrected chi connectivity index (χ4v) is 1.15. The molecule has 0 saturated heterocycles. The van der Waals surface area contributed by atoms with Gasteiger partial charge in [-0.3, -0.25) is 9.59 Å². The van der Waals surface area contributed by atoms with Gasteiger partial charge in [0.15, 0.2) is 0 Å². The lowest BCUT2D eigenvalue weighted by Crippen LogP contribution is -2.37. The largest absolute Gasteiger partial charge is 0.481 e. The summed E-state index contributed by atoms with van der Waals surface area (Å²) >= 11 is 0. The number of hydrogen-bond acceptors (Lipinski definition) is 5. The van der Waals surface area contributed by atoms with E-state index in [-0.39, 0.29) is 5.88 Å². The first kappa shape index (κ1) is 12.9. The van der Waals surface area contributed by atoms with Crippen molar-refractivity contribution < 1.29 is 19.4 Å². The maximum atomic E-state index is 11.5. The number of nitrogens with two attached hydrogens (primary N) is 1. The molecule has 1 unspecified atom stereocenters. The molecule has 0 bridgehead atoms. The average molecular weight is 239 g/mol. The van der Waals surface area contributed by atoms with E-state index in [1.54, 1.807) is 12.1 Å². The molecule has 0 fully saturated rings. The minimum Gasteiger partial charge on any atom is -0.481 e. The summed E-state index contributed by atoms with van der Waals surface area (Å²) < 4.78 is 4.92. The summed E-state index contributed by atoms with van der Waals surface area (Å²) in [6.45, 7) is 0. The molecule has 1 heterocycles. The highest BCUT2D eigenvalue weighted by Gasteiger charge is 2.18. The van der Waals surface area contributed by atoms with Crippen molar-refractivity contribution in [2.24, 2.45) is 5.73 Å². The summed E-state index contributed by atoms with van der Waals surface area (Å²) in [4.78, 5) is 25.8. The number of carbonyl (C=O) groups excluding carboxylic acids is 1. The highest BCUT2D eigenvalue weighted by atomic mass is 16.5. The number of pyridine rings is 1. The number of carboxylic acids is 1. The Morgan fingerprint density at radius 2 is 2.35 bits per heavy atom. The molecule has 0 radical (unpaired) electrons. The minimum absolute atomic E-state index is 0.239. The number of ether oxygens (including phenoxy) is 1. The van der Waals surface area contributed by atoms with Crippen LogP contribution in [0.2, 0.25) is 0 Å². The molecule has 1 rings (SSSR count). The van der Waals surface area contributed by atoms with Crippen LogP contribution in [0.3, 0.4) is 0 Å². The summed E-state index contributed by atoms with van der Waals surface area (Å²) in [6.07, 6.45) is 1.07. The number of carboxylic acid groups (broad SMARTS) is 1. The molecule has 1 aromatic heterocycles. The third-order valence-electron chi connectivity index (χ3n) is 1.95. The van der Waals surface area contributed by atoms with E-state index >= 15 is 0 Å². The van der Waals surface area contributed by atoms with Gasteiger partial charge in [0.05, 0.1) is 19.6 Å². The van der Waals surface area contributed by atoms with Gasteiger partial charge in [-0.2, -0.15) is 0 Å². The topological polar surface area (TPSA) is 115 Å². The number of rotatable bonds is 5. The molecule has 0 aliphatic rings. The predicted molar refractivity (Wildman–Crippen MR) is 59.6 cm³/mol. The van der Waals surface area contributed by atoms with Crippen LogP contribution in [0.1, 0.15) is 6.42 Å². The number of hydrogen-bond donors (Lipinski definition) is 3. The highest BCUT2D eigenvalue weighted by molar-refractivity contribution is 5.97. The first-order valence-corrected chi connectivity index (χ1v) is 4.82. The van der Waals surface area contributed by atoms with E-state index in [0.717, 1.165) is 0 Å². The SMILES string of the molecule is COc1ncccc1NC(=O)C(N)CC(=O)O. The van der Waals surface area contributed by atoms with Crippen molar-refractivity contribution in [2.75, 3.05) is 12.4 Å². The van der Waals surface area contributed by atoms with Gasteiger partial charge >= 0.3 is 5.97 Å². The van der Waals surface area contributed by atoms with Crippen molar-refractivity contribution in [2.45, 2.75) is 12.5 Å². The monoisotopic (exact) mass is 239 g/mol. The molecule has 0 aromatic carbocycles. The Labute approximate surface area is 97.6 Å². The molecule has 0 aliphatic carbocycles. The molecule has 0 spiro atoms. The maximum Gasteiger partial charge on any atom is 0.305 e. The Morgan fingerprint density at radius 1 is 1.65 bits per heavy atom. The zero-order valence-electron chi connectivity index (χ0n) is 9.21. The van der Waals surface area contributed by atoms with Crippen LogP contribution in [0.25, 0.3) is 0 Å². The van der Waals surface area contributed by atoms with Crippen LogP contribution >= 0.6 is 0 Å². The lowest BCUT2D eigenvalue weighted by atomic mass is 10.2. The average Bonchev–Trinajstić information content (AvgIpc) is 2.28. The van der Waals surface area contributed by atoms with E-state index in [9.17, 15) is 9.59 Å². The van der Waals surface area contributed by atoms with Crippen LogP contribution in [0, 0.1) is 0 Å². The molecule has 0 saturated carbocycles. The number of anilines is 1. The lowest BCUT2D eigenvalue weighted by molar-refractivity contribution is -0.138. The van der Waals surface area contributed by atoms with Gasteiger partial charge in [-0.25, -0.2) is 4.98 Å². The molecule has 17 heavy (non-hydrogen) atoms. The molecule has 1 aromatic rings. The number of aromatic nitrogens is 1. The van der Waals surface area contributed by atoms with E-state index in [1.807, 2.05) is 0 Å². The number of nitrogens with one attached hydrogen (secondary N) is 1. The third-order valence-corrected chi connectivity index (χ3v) is 1.95. The summed E-state index contributed by atoms with van der Waals surface area (Å²) in [5.41, 5.74) is 5.75. The van der Waals surface area contributed by atoms with Gasteiger partial charge in [0.1, 0.15) is 5.69 Å². The zero-order valence-corrected chi connectivity index (χ0v) is 9.21. The maximum absolute atomic E-state index is 11.5. The number of amides is 1. The number of aliphatic carboxylic acids is 1. The van der Waals surface area contributed by atoms with Crippen molar-refractivity contribution in [3.63, 3.8) is 0 Å². The van der Waals surface area contributed by atoms with Crippen LogP contribution in [0.15, 0.2) is 18.3 Å². The molecule has 92 valence electrons.